The first-order valence-corrected chi connectivity index (χ1v) is 8.44. The second-order valence-electron chi connectivity index (χ2n) is 7.03. The highest BCUT2D eigenvalue weighted by molar-refractivity contribution is 6.05. The quantitative estimate of drug-likeness (QED) is 0.766. The van der Waals surface area contributed by atoms with Crippen LogP contribution in [0.4, 0.5) is 14.5 Å². The predicted octanol–water partition coefficient (Wildman–Crippen LogP) is 4.98. The Kier molecular flexibility index (Phi) is 5.93. The summed E-state index contributed by atoms with van der Waals surface area (Å²) in [5.41, 5.74) is 1.28. The van der Waals surface area contributed by atoms with E-state index in [0.29, 0.717) is 5.69 Å². The van der Waals surface area contributed by atoms with E-state index in [-0.39, 0.29) is 11.0 Å². The molecule has 0 atom stereocenters. The van der Waals surface area contributed by atoms with Crippen molar-refractivity contribution in [3.05, 3.63) is 47.3 Å². The Morgan fingerprint density at radius 2 is 2.00 bits per heavy atom. The van der Waals surface area contributed by atoms with Crippen LogP contribution in [-0.2, 0) is 13.5 Å². The molecule has 1 amide bonds. The molecule has 2 aromatic rings. The molecule has 0 spiro atoms. The fourth-order valence-electron chi connectivity index (χ4n) is 2.54. The molecule has 0 aliphatic carbocycles. The molecule has 6 heteroatoms. The first kappa shape index (κ1) is 19.1. The molecule has 2 rings (SSSR count). The molecule has 4 nitrogen and oxygen atoms in total. The smallest absolute Gasteiger partial charge is 0.282 e. The molecule has 0 unspecified atom stereocenters. The van der Waals surface area contributed by atoms with Crippen molar-refractivity contribution >= 4 is 11.6 Å². The number of aryl methyl sites for hydroxylation is 2. The van der Waals surface area contributed by atoms with Gasteiger partial charge in [0.05, 0.1) is 5.56 Å². The van der Waals surface area contributed by atoms with Gasteiger partial charge in [-0.25, -0.2) is 8.78 Å². The van der Waals surface area contributed by atoms with E-state index in [1.807, 2.05) is 18.2 Å². The van der Waals surface area contributed by atoms with Crippen molar-refractivity contribution in [1.82, 2.24) is 9.78 Å². The van der Waals surface area contributed by atoms with E-state index < -0.39 is 18.0 Å². The summed E-state index contributed by atoms with van der Waals surface area (Å²) in [5.74, 6) is -0.564. The lowest BCUT2D eigenvalue weighted by Crippen LogP contribution is -2.16. The molecule has 0 bridgehead atoms. The Morgan fingerprint density at radius 3 is 2.64 bits per heavy atom. The first-order valence-electron chi connectivity index (χ1n) is 8.44. The molecule has 0 aliphatic rings. The number of anilines is 1. The van der Waals surface area contributed by atoms with Crippen LogP contribution in [0.1, 0.15) is 61.7 Å². The Labute approximate surface area is 147 Å². The Bertz CT molecular complexity index is 738. The van der Waals surface area contributed by atoms with Crippen molar-refractivity contribution in [2.45, 2.75) is 46.5 Å². The molecule has 1 heterocycles. The van der Waals surface area contributed by atoms with Crippen LogP contribution >= 0.6 is 0 Å². The summed E-state index contributed by atoms with van der Waals surface area (Å²) < 4.78 is 27.3. The molecule has 25 heavy (non-hydrogen) atoms. The third kappa shape index (κ3) is 4.87. The largest absolute Gasteiger partial charge is 0.322 e. The number of nitrogens with zero attached hydrogens (tertiary/aromatic N) is 2. The number of aromatic nitrogens is 2. The molecular formula is C19H25F2N3O. The maximum atomic E-state index is 13.1. The molecule has 0 aliphatic heterocycles. The van der Waals surface area contributed by atoms with Crippen molar-refractivity contribution in [2.75, 3.05) is 5.32 Å². The SMILES string of the molecule is CCC(C)(C)CCc1ccccc1NC(=O)c1cn(C)nc1C(F)F. The van der Waals surface area contributed by atoms with Crippen LogP contribution in [0.5, 0.6) is 0 Å². The minimum atomic E-state index is -2.79. The number of hydrogen-bond donors (Lipinski definition) is 1. The molecule has 0 saturated heterocycles. The lowest BCUT2D eigenvalue weighted by Gasteiger charge is -2.23. The molecule has 1 N–H and O–H groups in total. The fraction of sp³-hybridized carbons (Fsp3) is 0.474. The number of rotatable bonds is 7. The van der Waals surface area contributed by atoms with Crippen LogP contribution in [0, 0.1) is 5.41 Å². The monoisotopic (exact) mass is 349 g/mol. The second-order valence-corrected chi connectivity index (χ2v) is 7.03. The summed E-state index contributed by atoms with van der Waals surface area (Å²) in [5, 5.41) is 6.44. The molecule has 0 fully saturated rings. The summed E-state index contributed by atoms with van der Waals surface area (Å²) in [6, 6.07) is 7.49. The van der Waals surface area contributed by atoms with Crippen LogP contribution in [-0.4, -0.2) is 15.7 Å². The van der Waals surface area contributed by atoms with Crippen LogP contribution in [0.25, 0.3) is 0 Å². The molecule has 1 aromatic carbocycles. The second kappa shape index (κ2) is 7.76. The van der Waals surface area contributed by atoms with E-state index in [9.17, 15) is 13.6 Å². The van der Waals surface area contributed by atoms with Gasteiger partial charge in [0, 0.05) is 18.9 Å². The van der Waals surface area contributed by atoms with Gasteiger partial charge in [-0.2, -0.15) is 5.10 Å². The zero-order valence-corrected chi connectivity index (χ0v) is 15.1. The van der Waals surface area contributed by atoms with E-state index in [1.165, 1.54) is 17.9 Å². The highest BCUT2D eigenvalue weighted by Gasteiger charge is 2.23. The number of amides is 1. The number of carbonyl (C=O) groups is 1. The van der Waals surface area contributed by atoms with Gasteiger partial charge in [0.25, 0.3) is 12.3 Å². The number of hydrogen-bond acceptors (Lipinski definition) is 2. The third-order valence-electron chi connectivity index (χ3n) is 4.60. The summed E-state index contributed by atoms with van der Waals surface area (Å²) >= 11 is 0. The molecule has 136 valence electrons. The third-order valence-corrected chi connectivity index (χ3v) is 4.60. The lowest BCUT2D eigenvalue weighted by atomic mass is 9.84. The molecule has 0 saturated carbocycles. The van der Waals surface area contributed by atoms with Gasteiger partial charge in [-0.3, -0.25) is 9.48 Å². The predicted molar refractivity (Wildman–Crippen MR) is 95.0 cm³/mol. The van der Waals surface area contributed by atoms with Gasteiger partial charge < -0.3 is 5.32 Å². The minimum Gasteiger partial charge on any atom is -0.322 e. The zero-order chi connectivity index (χ0) is 18.6. The highest BCUT2D eigenvalue weighted by Crippen LogP contribution is 2.29. The van der Waals surface area contributed by atoms with Crippen molar-refractivity contribution in [3.63, 3.8) is 0 Å². The number of halogens is 2. The highest BCUT2D eigenvalue weighted by atomic mass is 19.3. The van der Waals surface area contributed by atoms with Crippen LogP contribution in [0.15, 0.2) is 30.5 Å². The van der Waals surface area contributed by atoms with Gasteiger partial charge in [0.1, 0.15) is 5.69 Å². The van der Waals surface area contributed by atoms with Crippen molar-refractivity contribution in [1.29, 1.82) is 0 Å². The summed E-state index contributed by atoms with van der Waals surface area (Å²) in [6.45, 7) is 6.57. The van der Waals surface area contributed by atoms with Gasteiger partial charge in [-0.15, -0.1) is 0 Å². The maximum absolute atomic E-state index is 13.1. The average Bonchev–Trinajstić information content (AvgIpc) is 2.96. The average molecular weight is 349 g/mol. The van der Waals surface area contributed by atoms with Crippen LogP contribution in [0.2, 0.25) is 0 Å². The standard InChI is InChI=1S/C19H25F2N3O/c1-5-19(2,3)11-10-13-8-6-7-9-15(13)22-18(25)14-12-24(4)23-16(14)17(20)21/h6-9,12,17H,5,10-11H2,1-4H3,(H,22,25). The summed E-state index contributed by atoms with van der Waals surface area (Å²) in [6.07, 6.45) is 1.38. The first-order chi connectivity index (χ1) is 11.7. The number of carbonyl (C=O) groups excluding carboxylic acids is 1. The summed E-state index contributed by atoms with van der Waals surface area (Å²) in [4.78, 5) is 12.5. The van der Waals surface area contributed by atoms with Gasteiger partial charge >= 0.3 is 0 Å². The number of benzene rings is 1. The van der Waals surface area contributed by atoms with E-state index in [4.69, 9.17) is 0 Å². The van der Waals surface area contributed by atoms with Gasteiger partial charge in [0.15, 0.2) is 0 Å². The number of alkyl halides is 2. The van der Waals surface area contributed by atoms with Gasteiger partial charge in [-0.05, 0) is 29.9 Å². The van der Waals surface area contributed by atoms with Crippen molar-refractivity contribution in [2.24, 2.45) is 12.5 Å². The Hall–Kier alpha value is -2.24. The Morgan fingerprint density at radius 1 is 1.32 bits per heavy atom. The normalized spacial score (nSPS) is 11.8. The van der Waals surface area contributed by atoms with E-state index in [0.717, 1.165) is 24.8 Å². The molecule has 0 radical (unpaired) electrons. The van der Waals surface area contributed by atoms with Gasteiger partial charge in [-0.1, -0.05) is 45.4 Å². The number of para-hydroxylation sites is 1. The van der Waals surface area contributed by atoms with E-state index >= 15 is 0 Å². The minimum absolute atomic E-state index is 0.0961. The maximum Gasteiger partial charge on any atom is 0.282 e. The van der Waals surface area contributed by atoms with Gasteiger partial charge in [0.2, 0.25) is 0 Å². The fourth-order valence-corrected chi connectivity index (χ4v) is 2.54. The Balaban J connectivity index is 2.19. The van der Waals surface area contributed by atoms with Crippen LogP contribution < -0.4 is 5.32 Å². The van der Waals surface area contributed by atoms with E-state index in [2.05, 4.69) is 31.2 Å². The van der Waals surface area contributed by atoms with E-state index in [1.54, 1.807) is 6.07 Å². The van der Waals surface area contributed by atoms with Crippen LogP contribution in [0.3, 0.4) is 0 Å². The number of nitrogens with one attached hydrogen (secondary N) is 1. The van der Waals surface area contributed by atoms with Crippen molar-refractivity contribution < 1.29 is 13.6 Å². The lowest BCUT2D eigenvalue weighted by molar-refractivity contribution is 0.101. The molecule has 1 aromatic heterocycles. The topological polar surface area (TPSA) is 46.9 Å². The molecular weight excluding hydrogens is 324 g/mol. The summed E-state index contributed by atoms with van der Waals surface area (Å²) in [7, 11) is 1.52. The van der Waals surface area contributed by atoms with Crippen molar-refractivity contribution in [3.8, 4) is 0 Å². The zero-order valence-electron chi connectivity index (χ0n) is 15.1.